The van der Waals surface area contributed by atoms with Crippen molar-refractivity contribution in [2.45, 2.75) is 38.6 Å². The number of nitro benzene ring substituents is 1. The van der Waals surface area contributed by atoms with Gasteiger partial charge in [-0.2, -0.15) is 0 Å². The molecule has 1 aliphatic rings. The first-order valence-electron chi connectivity index (χ1n) is 8.91. The molecule has 0 bridgehead atoms. The molecule has 1 aliphatic carbocycles. The fourth-order valence-corrected chi connectivity index (χ4v) is 3.07. The van der Waals surface area contributed by atoms with Crippen molar-refractivity contribution in [2.24, 2.45) is 5.92 Å². The standard InChI is InChI=1S/C18H23N3O7/c1-11-5-3-4-6-13(11)19-18(24)20-16(22)10-28-17(23)12-7-8-15(27-2)14(9-12)21(25)26/h7-9,11,13H,3-6,10H2,1-2H3,(H2,19,20,22,24)/t11-,13+/m0/s1. The number of amides is 3. The Morgan fingerprint density at radius 3 is 2.61 bits per heavy atom. The minimum absolute atomic E-state index is 0.00366. The highest BCUT2D eigenvalue weighted by Crippen LogP contribution is 2.27. The zero-order chi connectivity index (χ0) is 20.7. The summed E-state index contributed by atoms with van der Waals surface area (Å²) in [7, 11) is 1.27. The van der Waals surface area contributed by atoms with Crippen molar-refractivity contribution < 1.29 is 28.8 Å². The van der Waals surface area contributed by atoms with E-state index >= 15 is 0 Å². The van der Waals surface area contributed by atoms with Crippen LogP contribution in [0, 0.1) is 16.0 Å². The third-order valence-corrected chi connectivity index (χ3v) is 4.63. The molecule has 0 saturated heterocycles. The van der Waals surface area contributed by atoms with E-state index in [1.54, 1.807) is 0 Å². The lowest BCUT2D eigenvalue weighted by Gasteiger charge is -2.29. The lowest BCUT2D eigenvalue weighted by Crippen LogP contribution is -2.48. The predicted octanol–water partition coefficient (Wildman–Crippen LogP) is 2.16. The Balaban J connectivity index is 1.85. The molecule has 3 amide bonds. The maximum atomic E-state index is 12.0. The number of rotatable bonds is 6. The summed E-state index contributed by atoms with van der Waals surface area (Å²) in [4.78, 5) is 46.0. The molecular formula is C18H23N3O7. The molecule has 0 heterocycles. The van der Waals surface area contributed by atoms with Crippen LogP contribution < -0.4 is 15.4 Å². The number of hydrogen-bond donors (Lipinski definition) is 2. The van der Waals surface area contributed by atoms with Crippen molar-refractivity contribution in [3.63, 3.8) is 0 Å². The molecule has 1 aromatic carbocycles. The van der Waals surface area contributed by atoms with Gasteiger partial charge in [-0.25, -0.2) is 9.59 Å². The average molecular weight is 393 g/mol. The predicted molar refractivity (Wildman–Crippen MR) is 98.0 cm³/mol. The van der Waals surface area contributed by atoms with Crippen LogP contribution in [0.3, 0.4) is 0 Å². The molecule has 10 heteroatoms. The minimum Gasteiger partial charge on any atom is -0.490 e. The van der Waals surface area contributed by atoms with Gasteiger partial charge >= 0.3 is 17.7 Å². The van der Waals surface area contributed by atoms with Crippen molar-refractivity contribution in [3.8, 4) is 5.75 Å². The molecule has 2 rings (SSSR count). The number of urea groups is 1. The summed E-state index contributed by atoms with van der Waals surface area (Å²) in [5, 5.41) is 15.9. The van der Waals surface area contributed by atoms with Crippen molar-refractivity contribution in [1.82, 2.24) is 10.6 Å². The maximum absolute atomic E-state index is 12.0. The smallest absolute Gasteiger partial charge is 0.338 e. The fourth-order valence-electron chi connectivity index (χ4n) is 3.07. The summed E-state index contributed by atoms with van der Waals surface area (Å²) in [5.41, 5.74) is -0.511. The molecule has 0 aliphatic heterocycles. The lowest BCUT2D eigenvalue weighted by atomic mass is 9.86. The molecule has 10 nitrogen and oxygen atoms in total. The van der Waals surface area contributed by atoms with E-state index in [1.165, 1.54) is 19.2 Å². The minimum atomic E-state index is -0.929. The van der Waals surface area contributed by atoms with Gasteiger partial charge in [0, 0.05) is 12.1 Å². The number of esters is 1. The first-order valence-corrected chi connectivity index (χ1v) is 8.91. The molecule has 2 N–H and O–H groups in total. The Bertz CT molecular complexity index is 766. The second kappa shape index (κ2) is 9.67. The van der Waals surface area contributed by atoms with E-state index in [2.05, 4.69) is 10.6 Å². The van der Waals surface area contributed by atoms with E-state index in [9.17, 15) is 24.5 Å². The molecule has 1 fully saturated rings. The molecule has 2 atom stereocenters. The molecule has 152 valence electrons. The summed E-state index contributed by atoms with van der Waals surface area (Å²) >= 11 is 0. The number of nitrogens with zero attached hydrogens (tertiary/aromatic N) is 1. The Hall–Kier alpha value is -3.17. The number of nitrogens with one attached hydrogen (secondary N) is 2. The van der Waals surface area contributed by atoms with Crippen LogP contribution in [0.1, 0.15) is 43.0 Å². The Morgan fingerprint density at radius 1 is 1.25 bits per heavy atom. The maximum Gasteiger partial charge on any atom is 0.338 e. The first-order chi connectivity index (χ1) is 13.3. The van der Waals surface area contributed by atoms with Gasteiger partial charge < -0.3 is 14.8 Å². The summed E-state index contributed by atoms with van der Waals surface area (Å²) < 4.78 is 9.67. The van der Waals surface area contributed by atoms with E-state index in [0.29, 0.717) is 5.92 Å². The van der Waals surface area contributed by atoms with Gasteiger partial charge in [-0.1, -0.05) is 19.8 Å². The summed E-state index contributed by atoms with van der Waals surface area (Å²) in [6.45, 7) is 1.36. The zero-order valence-electron chi connectivity index (χ0n) is 15.7. The van der Waals surface area contributed by atoms with E-state index in [-0.39, 0.29) is 17.4 Å². The normalized spacial score (nSPS) is 18.6. The van der Waals surface area contributed by atoms with Gasteiger partial charge in [0.15, 0.2) is 12.4 Å². The molecule has 1 saturated carbocycles. The number of carbonyl (C=O) groups is 3. The number of ether oxygens (including phenoxy) is 2. The third-order valence-electron chi connectivity index (χ3n) is 4.63. The molecule has 1 aromatic rings. The van der Waals surface area contributed by atoms with E-state index in [4.69, 9.17) is 9.47 Å². The number of hydrogen-bond acceptors (Lipinski definition) is 7. The number of carbonyl (C=O) groups excluding carboxylic acids is 3. The van der Waals surface area contributed by atoms with Gasteiger partial charge in [0.2, 0.25) is 0 Å². The summed E-state index contributed by atoms with van der Waals surface area (Å²) in [5.74, 6) is -1.40. The summed E-state index contributed by atoms with van der Waals surface area (Å²) in [6.07, 6.45) is 4.02. The van der Waals surface area contributed by atoms with E-state index in [0.717, 1.165) is 31.7 Å². The Morgan fingerprint density at radius 2 is 1.96 bits per heavy atom. The second-order valence-corrected chi connectivity index (χ2v) is 6.61. The van der Waals surface area contributed by atoms with Crippen molar-refractivity contribution in [2.75, 3.05) is 13.7 Å². The molecule has 0 aromatic heterocycles. The van der Waals surface area contributed by atoms with Crippen molar-refractivity contribution in [3.05, 3.63) is 33.9 Å². The zero-order valence-corrected chi connectivity index (χ0v) is 15.7. The van der Waals surface area contributed by atoms with Gasteiger partial charge in [0.25, 0.3) is 5.91 Å². The molecular weight excluding hydrogens is 370 g/mol. The lowest BCUT2D eigenvalue weighted by molar-refractivity contribution is -0.385. The van der Waals surface area contributed by atoms with Crippen LogP contribution in [0.15, 0.2) is 18.2 Å². The molecule has 0 unspecified atom stereocenters. The first kappa shape index (κ1) is 21.1. The van der Waals surface area contributed by atoms with Crippen LogP contribution in [0.25, 0.3) is 0 Å². The van der Waals surface area contributed by atoms with Crippen LogP contribution in [0.4, 0.5) is 10.5 Å². The Labute approximate surface area is 161 Å². The largest absolute Gasteiger partial charge is 0.490 e. The van der Waals surface area contributed by atoms with Crippen LogP contribution in [-0.2, 0) is 9.53 Å². The van der Waals surface area contributed by atoms with Crippen molar-refractivity contribution in [1.29, 1.82) is 0 Å². The van der Waals surface area contributed by atoms with Gasteiger partial charge in [-0.15, -0.1) is 0 Å². The topological polar surface area (TPSA) is 137 Å². The van der Waals surface area contributed by atoms with Crippen LogP contribution in [0.2, 0.25) is 0 Å². The monoisotopic (exact) mass is 393 g/mol. The summed E-state index contributed by atoms with van der Waals surface area (Å²) in [6, 6.07) is 2.90. The van der Waals surface area contributed by atoms with E-state index in [1.807, 2.05) is 6.92 Å². The highest BCUT2D eigenvalue weighted by atomic mass is 16.6. The highest BCUT2D eigenvalue weighted by molar-refractivity contribution is 5.97. The number of imide groups is 1. The molecule has 0 spiro atoms. The number of nitro groups is 1. The average Bonchev–Trinajstić information content (AvgIpc) is 2.67. The highest BCUT2D eigenvalue weighted by Gasteiger charge is 2.24. The van der Waals surface area contributed by atoms with Crippen molar-refractivity contribution >= 4 is 23.6 Å². The van der Waals surface area contributed by atoms with Crippen LogP contribution in [0.5, 0.6) is 5.75 Å². The number of benzene rings is 1. The molecule has 0 radical (unpaired) electrons. The van der Waals surface area contributed by atoms with Gasteiger partial charge in [0.1, 0.15) is 0 Å². The van der Waals surface area contributed by atoms with E-state index < -0.39 is 35.1 Å². The SMILES string of the molecule is COc1ccc(C(=O)OCC(=O)NC(=O)N[C@@H]2CCCC[C@@H]2C)cc1[N+](=O)[O-]. The Kier molecular flexibility index (Phi) is 7.30. The van der Waals surface area contributed by atoms with Gasteiger partial charge in [-0.3, -0.25) is 20.2 Å². The quantitative estimate of drug-likeness (QED) is 0.429. The van der Waals surface area contributed by atoms with Crippen LogP contribution >= 0.6 is 0 Å². The van der Waals surface area contributed by atoms with Crippen LogP contribution in [-0.4, -0.2) is 42.6 Å². The molecule has 28 heavy (non-hydrogen) atoms. The van der Waals surface area contributed by atoms with Gasteiger partial charge in [0.05, 0.1) is 17.6 Å². The second-order valence-electron chi connectivity index (χ2n) is 6.61. The number of methoxy groups -OCH3 is 1. The fraction of sp³-hybridized carbons (Fsp3) is 0.500. The van der Waals surface area contributed by atoms with Gasteiger partial charge in [-0.05, 0) is 30.9 Å². The third kappa shape index (κ3) is 5.66.